The van der Waals surface area contributed by atoms with Gasteiger partial charge in [-0.2, -0.15) is 16.8 Å². The highest BCUT2D eigenvalue weighted by molar-refractivity contribution is 8.01. The van der Waals surface area contributed by atoms with Gasteiger partial charge in [0.15, 0.2) is 5.04 Å². The molecule has 0 rings (SSSR count). The lowest BCUT2D eigenvalue weighted by molar-refractivity contribution is 0.307. The van der Waals surface area contributed by atoms with Crippen LogP contribution in [-0.2, 0) is 20.2 Å². The summed E-state index contributed by atoms with van der Waals surface area (Å²) in [5, 5.41) is 7.82. The summed E-state index contributed by atoms with van der Waals surface area (Å²) in [6.45, 7) is 2.61. The van der Waals surface area contributed by atoms with Gasteiger partial charge in [-0.15, -0.1) is 0 Å². The molecule has 0 saturated heterocycles. The lowest BCUT2D eigenvalue weighted by atomic mass is 10.6. The molecule has 0 radical (unpaired) electrons. The van der Waals surface area contributed by atoms with Gasteiger partial charge in [0.05, 0.1) is 18.9 Å². The molecule has 0 heterocycles. The van der Waals surface area contributed by atoms with Crippen LogP contribution >= 0.6 is 0 Å². The monoisotopic (exact) mass is 291 g/mol. The standard InChI is InChI=1S/C4H9NO4S.C3H8O3S/c1-4(5-2-3-6)10(7,8)9;1-2-3-7(4,5)6/h6H,2-3H2,1H3,(H,7,8,9);2-3H2,1H3,(H,4,5,6). The summed E-state index contributed by atoms with van der Waals surface area (Å²) < 4.78 is 56.2. The van der Waals surface area contributed by atoms with E-state index < -0.39 is 20.2 Å². The fraction of sp³-hybridized carbons (Fsp3) is 0.857. The van der Waals surface area contributed by atoms with Crippen LogP contribution in [-0.4, -0.2) is 55.0 Å². The molecule has 10 heteroatoms. The summed E-state index contributed by atoms with van der Waals surface area (Å²) in [7, 11) is -7.81. The molecule has 8 nitrogen and oxygen atoms in total. The maximum absolute atomic E-state index is 10.2. The van der Waals surface area contributed by atoms with Crippen LogP contribution in [0.2, 0.25) is 0 Å². The Morgan fingerprint density at radius 3 is 1.82 bits per heavy atom. The molecule has 0 bridgehead atoms. The van der Waals surface area contributed by atoms with E-state index >= 15 is 0 Å². The number of aliphatic hydroxyl groups is 1. The van der Waals surface area contributed by atoms with Gasteiger partial charge in [0.25, 0.3) is 10.1 Å². The van der Waals surface area contributed by atoms with E-state index in [-0.39, 0.29) is 23.9 Å². The molecule has 0 atom stereocenters. The molecule has 0 amide bonds. The van der Waals surface area contributed by atoms with Crippen molar-refractivity contribution in [3.8, 4) is 0 Å². The molecule has 0 aromatic rings. The largest absolute Gasteiger partial charge is 0.394 e. The summed E-state index contributed by atoms with van der Waals surface area (Å²) >= 11 is 0. The fourth-order valence-electron chi connectivity index (χ4n) is 0.547. The van der Waals surface area contributed by atoms with E-state index in [4.69, 9.17) is 14.2 Å². The number of rotatable bonds is 4. The van der Waals surface area contributed by atoms with Gasteiger partial charge in [-0.25, -0.2) is 0 Å². The number of aliphatic imine (C=N–C) groups is 1. The molecule has 17 heavy (non-hydrogen) atoms. The van der Waals surface area contributed by atoms with Crippen LogP contribution in [0.25, 0.3) is 0 Å². The molecule has 0 saturated carbocycles. The smallest absolute Gasteiger partial charge is 0.307 e. The van der Waals surface area contributed by atoms with Crippen LogP contribution in [0.1, 0.15) is 20.3 Å². The second-order valence-electron chi connectivity index (χ2n) is 2.89. The van der Waals surface area contributed by atoms with E-state index in [1.807, 2.05) is 0 Å². The highest BCUT2D eigenvalue weighted by atomic mass is 32.2. The second-order valence-corrected chi connectivity index (χ2v) is 6.00. The number of aliphatic hydroxyl groups excluding tert-OH is 1. The average Bonchev–Trinajstić information content (AvgIpc) is 2.11. The summed E-state index contributed by atoms with van der Waals surface area (Å²) in [4.78, 5) is 3.34. The van der Waals surface area contributed by atoms with Crippen molar-refractivity contribution in [2.24, 2.45) is 4.99 Å². The summed E-state index contributed by atoms with van der Waals surface area (Å²) in [5.74, 6) is -0.132. The molecule has 0 aliphatic heterocycles. The Kier molecular flexibility index (Phi) is 9.43. The molecule has 0 spiro atoms. The van der Waals surface area contributed by atoms with E-state index in [1.165, 1.54) is 0 Å². The first-order chi connectivity index (χ1) is 7.54. The van der Waals surface area contributed by atoms with Crippen LogP contribution in [0, 0.1) is 0 Å². The zero-order valence-corrected chi connectivity index (χ0v) is 11.2. The van der Waals surface area contributed by atoms with Crippen molar-refractivity contribution in [2.75, 3.05) is 18.9 Å². The van der Waals surface area contributed by atoms with Gasteiger partial charge in [0.2, 0.25) is 0 Å². The van der Waals surface area contributed by atoms with Crippen molar-refractivity contribution >= 4 is 25.3 Å². The summed E-state index contributed by atoms with van der Waals surface area (Å²) in [5.41, 5.74) is 0. The highest BCUT2D eigenvalue weighted by Crippen LogP contribution is 1.87. The Morgan fingerprint density at radius 2 is 1.65 bits per heavy atom. The van der Waals surface area contributed by atoms with Crippen molar-refractivity contribution in [3.63, 3.8) is 0 Å². The second kappa shape index (κ2) is 8.53. The normalized spacial score (nSPS) is 12.9. The average molecular weight is 291 g/mol. The van der Waals surface area contributed by atoms with Crippen molar-refractivity contribution in [2.45, 2.75) is 20.3 Å². The lowest BCUT2D eigenvalue weighted by Gasteiger charge is -1.92. The van der Waals surface area contributed by atoms with Crippen molar-refractivity contribution < 1.29 is 31.0 Å². The lowest BCUT2D eigenvalue weighted by Crippen LogP contribution is -2.10. The Balaban J connectivity index is 0. The Bertz CT molecular complexity index is 423. The maximum Gasteiger partial charge on any atom is 0.307 e. The summed E-state index contributed by atoms with van der Waals surface area (Å²) in [6, 6.07) is 0. The SMILES string of the molecule is CC(=NCCO)S(=O)(=O)O.CCCS(=O)(=O)O. The first kappa shape index (κ1) is 18.8. The molecular formula is C7H17NO7S2. The molecule has 0 unspecified atom stereocenters. The minimum atomic E-state index is -4.14. The van der Waals surface area contributed by atoms with Gasteiger partial charge >= 0.3 is 10.1 Å². The highest BCUT2D eigenvalue weighted by Gasteiger charge is 2.07. The molecule has 0 aliphatic carbocycles. The zero-order chi connectivity index (χ0) is 14.1. The molecular weight excluding hydrogens is 274 g/mol. The number of nitrogens with zero attached hydrogens (tertiary/aromatic N) is 1. The van der Waals surface area contributed by atoms with Crippen LogP contribution in [0.15, 0.2) is 4.99 Å². The number of hydrogen-bond acceptors (Lipinski definition) is 6. The van der Waals surface area contributed by atoms with Gasteiger partial charge in [0.1, 0.15) is 0 Å². The molecule has 0 aliphatic rings. The number of hydrogen-bond donors (Lipinski definition) is 3. The molecule has 0 fully saturated rings. The van der Waals surface area contributed by atoms with Gasteiger partial charge < -0.3 is 5.11 Å². The first-order valence-corrected chi connectivity index (χ1v) is 7.64. The van der Waals surface area contributed by atoms with Crippen LogP contribution in [0.4, 0.5) is 0 Å². The van der Waals surface area contributed by atoms with Gasteiger partial charge in [-0.05, 0) is 13.3 Å². The summed E-state index contributed by atoms with van der Waals surface area (Å²) in [6.07, 6.45) is 0.471. The predicted octanol–water partition coefficient (Wildman–Crippen LogP) is -0.431. The molecule has 104 valence electrons. The Labute approximate surface area is 101 Å². The van der Waals surface area contributed by atoms with Crippen molar-refractivity contribution in [1.82, 2.24) is 0 Å². The third kappa shape index (κ3) is 15.4. The minimum Gasteiger partial charge on any atom is -0.394 e. The van der Waals surface area contributed by atoms with Crippen LogP contribution < -0.4 is 0 Å². The first-order valence-electron chi connectivity index (χ1n) is 4.59. The van der Waals surface area contributed by atoms with E-state index in [0.717, 1.165) is 6.92 Å². The third-order valence-corrected chi connectivity index (χ3v) is 3.07. The van der Waals surface area contributed by atoms with Crippen LogP contribution in [0.3, 0.4) is 0 Å². The minimum absolute atomic E-state index is 0.00831. The zero-order valence-electron chi connectivity index (χ0n) is 9.57. The van der Waals surface area contributed by atoms with E-state index in [1.54, 1.807) is 6.92 Å². The quantitative estimate of drug-likeness (QED) is 0.362. The van der Waals surface area contributed by atoms with Gasteiger partial charge in [-0.3, -0.25) is 14.1 Å². The topological polar surface area (TPSA) is 141 Å². The fourth-order valence-corrected chi connectivity index (χ4v) is 1.32. The van der Waals surface area contributed by atoms with Gasteiger partial charge in [0, 0.05) is 0 Å². The maximum atomic E-state index is 10.2. The Hall–Kier alpha value is -0.550. The van der Waals surface area contributed by atoms with Crippen LogP contribution in [0.5, 0.6) is 0 Å². The van der Waals surface area contributed by atoms with Gasteiger partial charge in [-0.1, -0.05) is 6.92 Å². The Morgan fingerprint density at radius 1 is 1.18 bits per heavy atom. The van der Waals surface area contributed by atoms with E-state index in [0.29, 0.717) is 6.42 Å². The van der Waals surface area contributed by atoms with E-state index in [9.17, 15) is 16.8 Å². The third-order valence-electron chi connectivity index (χ3n) is 1.27. The molecule has 3 N–H and O–H groups in total. The predicted molar refractivity (Wildman–Crippen MR) is 63.3 cm³/mol. The molecule has 0 aromatic carbocycles. The molecule has 0 aromatic heterocycles. The van der Waals surface area contributed by atoms with E-state index in [2.05, 4.69) is 4.99 Å². The van der Waals surface area contributed by atoms with Crippen molar-refractivity contribution in [3.05, 3.63) is 0 Å². The van der Waals surface area contributed by atoms with Crippen molar-refractivity contribution in [1.29, 1.82) is 0 Å².